The average Bonchev–Trinajstić information content (AvgIpc) is 2.93. The van der Waals surface area contributed by atoms with E-state index in [0.29, 0.717) is 6.54 Å². The maximum absolute atomic E-state index is 11.5. The molecule has 0 aliphatic heterocycles. The van der Waals surface area contributed by atoms with Crippen molar-refractivity contribution in [1.82, 2.24) is 10.2 Å². The molecule has 1 aliphatic rings. The number of hydrogen-bond donors (Lipinski definition) is 2. The number of nitrogens with two attached hydrogens (primary N) is 1. The number of nitrogens with zero attached hydrogens (tertiary/aromatic N) is 1. The lowest BCUT2D eigenvalue weighted by atomic mass is 10.1. The number of likely N-dealkylation sites (N-methyl/N-ethyl adjacent to an activating group) is 1. The third-order valence-electron chi connectivity index (χ3n) is 2.62. The molecule has 0 saturated heterocycles. The van der Waals surface area contributed by atoms with E-state index in [-0.39, 0.29) is 23.8 Å². The Labute approximate surface area is 83.6 Å². The molecule has 1 fully saturated rings. The predicted molar refractivity (Wildman–Crippen MR) is 52.4 cm³/mol. The predicted octanol–water partition coefficient (Wildman–Crippen LogP) is -1.07. The fourth-order valence-electron chi connectivity index (χ4n) is 1.18. The van der Waals surface area contributed by atoms with E-state index < -0.39 is 0 Å². The summed E-state index contributed by atoms with van der Waals surface area (Å²) in [5.74, 6) is -0.193. The van der Waals surface area contributed by atoms with Crippen molar-refractivity contribution in [3.05, 3.63) is 0 Å². The first-order valence-corrected chi connectivity index (χ1v) is 4.70. The molecule has 1 saturated carbocycles. The summed E-state index contributed by atoms with van der Waals surface area (Å²) in [4.78, 5) is 24.1. The largest absolute Gasteiger partial charge is 0.347 e. The molecule has 1 rings (SSSR count). The van der Waals surface area contributed by atoms with Gasteiger partial charge in [-0.3, -0.25) is 9.59 Å². The Bertz CT molecular complexity index is 246. The van der Waals surface area contributed by atoms with Crippen molar-refractivity contribution in [2.45, 2.75) is 12.8 Å². The van der Waals surface area contributed by atoms with Crippen LogP contribution in [0.25, 0.3) is 0 Å². The number of nitrogens with one attached hydrogen (secondary N) is 1. The molecule has 0 atom stereocenters. The quantitative estimate of drug-likeness (QED) is 0.605. The summed E-state index contributed by atoms with van der Waals surface area (Å²) >= 11 is 0. The van der Waals surface area contributed by atoms with E-state index in [0.717, 1.165) is 12.8 Å². The van der Waals surface area contributed by atoms with Crippen LogP contribution in [0.2, 0.25) is 0 Å². The fraction of sp³-hybridized carbons (Fsp3) is 0.778. The van der Waals surface area contributed by atoms with Crippen molar-refractivity contribution in [3.63, 3.8) is 0 Å². The minimum atomic E-state index is -0.368. The highest BCUT2D eigenvalue weighted by molar-refractivity contribution is 5.89. The first-order chi connectivity index (χ1) is 6.52. The summed E-state index contributed by atoms with van der Waals surface area (Å²) in [6, 6.07) is 0. The molecule has 1 aliphatic carbocycles. The van der Waals surface area contributed by atoms with Gasteiger partial charge in [-0.1, -0.05) is 0 Å². The minimum absolute atomic E-state index is 0.0631. The van der Waals surface area contributed by atoms with Crippen molar-refractivity contribution in [2.75, 3.05) is 27.2 Å². The van der Waals surface area contributed by atoms with Gasteiger partial charge >= 0.3 is 0 Å². The Hall–Kier alpha value is -1.10. The standard InChI is InChI=1S/C9H17N3O2/c1-12(2)7(13)5-11-8(14)9(6-10)3-4-9/h3-6,10H2,1-2H3,(H,11,14). The van der Waals surface area contributed by atoms with E-state index in [4.69, 9.17) is 5.73 Å². The van der Waals surface area contributed by atoms with Crippen molar-refractivity contribution >= 4 is 11.8 Å². The molecule has 5 heteroatoms. The van der Waals surface area contributed by atoms with Crippen LogP contribution in [0.1, 0.15) is 12.8 Å². The second-order valence-corrected chi connectivity index (χ2v) is 3.96. The molecule has 5 nitrogen and oxygen atoms in total. The fourth-order valence-corrected chi connectivity index (χ4v) is 1.18. The smallest absolute Gasteiger partial charge is 0.241 e. The van der Waals surface area contributed by atoms with Crippen LogP contribution < -0.4 is 11.1 Å². The molecule has 0 aromatic rings. The Kier molecular flexibility index (Phi) is 3.10. The van der Waals surface area contributed by atoms with Gasteiger partial charge in [-0.25, -0.2) is 0 Å². The molecule has 14 heavy (non-hydrogen) atoms. The first-order valence-electron chi connectivity index (χ1n) is 4.70. The van der Waals surface area contributed by atoms with E-state index in [1.165, 1.54) is 4.90 Å². The van der Waals surface area contributed by atoms with Gasteiger partial charge in [0.1, 0.15) is 0 Å². The Balaban J connectivity index is 2.32. The zero-order valence-electron chi connectivity index (χ0n) is 8.67. The van der Waals surface area contributed by atoms with E-state index >= 15 is 0 Å². The molecule has 3 N–H and O–H groups in total. The topological polar surface area (TPSA) is 75.4 Å². The van der Waals surface area contributed by atoms with Crippen LogP contribution in [0.3, 0.4) is 0 Å². The van der Waals surface area contributed by atoms with E-state index in [2.05, 4.69) is 5.32 Å². The van der Waals surface area contributed by atoms with E-state index in [1.54, 1.807) is 14.1 Å². The van der Waals surface area contributed by atoms with Crippen LogP contribution in [0.4, 0.5) is 0 Å². The van der Waals surface area contributed by atoms with Crippen LogP contribution in [0.15, 0.2) is 0 Å². The van der Waals surface area contributed by atoms with Gasteiger partial charge in [-0.15, -0.1) is 0 Å². The molecule has 0 heterocycles. The third-order valence-corrected chi connectivity index (χ3v) is 2.62. The summed E-state index contributed by atoms with van der Waals surface area (Å²) in [7, 11) is 3.31. The van der Waals surface area contributed by atoms with Crippen LogP contribution in [0, 0.1) is 5.41 Å². The van der Waals surface area contributed by atoms with Crippen LogP contribution in [-0.2, 0) is 9.59 Å². The molecule has 2 amide bonds. The molecular formula is C9H17N3O2. The van der Waals surface area contributed by atoms with Gasteiger partial charge in [0.25, 0.3) is 0 Å². The highest BCUT2D eigenvalue weighted by atomic mass is 16.2. The summed E-state index contributed by atoms with van der Waals surface area (Å²) in [6.07, 6.45) is 1.68. The second-order valence-electron chi connectivity index (χ2n) is 3.96. The van der Waals surface area contributed by atoms with E-state index in [9.17, 15) is 9.59 Å². The number of carbonyl (C=O) groups is 2. The highest BCUT2D eigenvalue weighted by Crippen LogP contribution is 2.44. The van der Waals surface area contributed by atoms with Crippen molar-refractivity contribution in [2.24, 2.45) is 11.1 Å². The molecule has 0 aromatic heterocycles. The zero-order valence-corrected chi connectivity index (χ0v) is 8.67. The van der Waals surface area contributed by atoms with Crippen molar-refractivity contribution < 1.29 is 9.59 Å². The average molecular weight is 199 g/mol. The highest BCUT2D eigenvalue weighted by Gasteiger charge is 2.48. The van der Waals surface area contributed by atoms with Crippen LogP contribution in [0.5, 0.6) is 0 Å². The maximum Gasteiger partial charge on any atom is 0.241 e. The molecule has 0 radical (unpaired) electrons. The molecule has 0 aromatic carbocycles. The summed E-state index contributed by atoms with van der Waals surface area (Å²) in [5.41, 5.74) is 5.11. The summed E-state index contributed by atoms with van der Waals surface area (Å²) < 4.78 is 0. The number of hydrogen-bond acceptors (Lipinski definition) is 3. The van der Waals surface area contributed by atoms with Gasteiger partial charge in [0.15, 0.2) is 0 Å². The monoisotopic (exact) mass is 199 g/mol. The zero-order chi connectivity index (χ0) is 10.8. The summed E-state index contributed by atoms with van der Waals surface area (Å²) in [5, 5.41) is 2.61. The Morgan fingerprint density at radius 1 is 1.43 bits per heavy atom. The van der Waals surface area contributed by atoms with Crippen LogP contribution in [-0.4, -0.2) is 43.9 Å². The van der Waals surface area contributed by atoms with Gasteiger partial charge in [0, 0.05) is 20.6 Å². The Morgan fingerprint density at radius 2 is 2.00 bits per heavy atom. The third kappa shape index (κ3) is 2.23. The number of carbonyl (C=O) groups excluding carboxylic acids is 2. The van der Waals surface area contributed by atoms with Gasteiger partial charge < -0.3 is 16.0 Å². The summed E-state index contributed by atoms with van der Waals surface area (Å²) in [6.45, 7) is 0.433. The molecule has 0 unspecified atom stereocenters. The SMILES string of the molecule is CN(C)C(=O)CNC(=O)C1(CN)CC1. The van der Waals surface area contributed by atoms with Gasteiger partial charge in [0.2, 0.25) is 11.8 Å². The Morgan fingerprint density at radius 3 is 2.36 bits per heavy atom. The lowest BCUT2D eigenvalue weighted by Crippen LogP contribution is -2.42. The number of rotatable bonds is 4. The van der Waals surface area contributed by atoms with Gasteiger partial charge in [-0.2, -0.15) is 0 Å². The first kappa shape index (κ1) is 11.0. The normalized spacial score (nSPS) is 17.4. The lowest BCUT2D eigenvalue weighted by Gasteiger charge is -2.14. The number of amides is 2. The lowest BCUT2D eigenvalue weighted by molar-refractivity contribution is -0.132. The van der Waals surface area contributed by atoms with Gasteiger partial charge in [0.05, 0.1) is 12.0 Å². The van der Waals surface area contributed by atoms with Gasteiger partial charge in [-0.05, 0) is 12.8 Å². The second kappa shape index (κ2) is 3.96. The maximum atomic E-state index is 11.5. The molecule has 80 valence electrons. The molecule has 0 spiro atoms. The molecular weight excluding hydrogens is 182 g/mol. The van der Waals surface area contributed by atoms with Crippen molar-refractivity contribution in [3.8, 4) is 0 Å². The van der Waals surface area contributed by atoms with Crippen molar-refractivity contribution in [1.29, 1.82) is 0 Å². The molecule has 0 bridgehead atoms. The van der Waals surface area contributed by atoms with E-state index in [1.807, 2.05) is 0 Å². The minimum Gasteiger partial charge on any atom is -0.347 e. The van der Waals surface area contributed by atoms with Crippen LogP contribution >= 0.6 is 0 Å².